The first-order valence-corrected chi connectivity index (χ1v) is 11.4. The van der Waals surface area contributed by atoms with Gasteiger partial charge in [-0.05, 0) is 61.9 Å². The average Bonchev–Trinajstić information content (AvgIpc) is 3.10. The van der Waals surface area contributed by atoms with Gasteiger partial charge in [-0.2, -0.15) is 0 Å². The Labute approximate surface area is 185 Å². The largest absolute Gasteiger partial charge is 0.345 e. The van der Waals surface area contributed by atoms with Crippen LogP contribution in [0.1, 0.15) is 28.8 Å². The molecule has 0 bridgehead atoms. The van der Waals surface area contributed by atoms with Crippen molar-refractivity contribution in [2.75, 3.05) is 11.9 Å². The van der Waals surface area contributed by atoms with E-state index >= 15 is 0 Å². The van der Waals surface area contributed by atoms with Crippen LogP contribution in [-0.4, -0.2) is 27.9 Å². The van der Waals surface area contributed by atoms with E-state index in [1.54, 1.807) is 17.4 Å². The summed E-state index contributed by atoms with van der Waals surface area (Å²) in [5.41, 5.74) is 2.50. The summed E-state index contributed by atoms with van der Waals surface area (Å²) < 4.78 is 2.24. The summed E-state index contributed by atoms with van der Waals surface area (Å²) >= 11 is 4.96. The first-order chi connectivity index (χ1) is 14.4. The van der Waals surface area contributed by atoms with Gasteiger partial charge in [0.25, 0.3) is 5.56 Å². The van der Waals surface area contributed by atoms with Gasteiger partial charge in [0.2, 0.25) is 11.8 Å². The van der Waals surface area contributed by atoms with Gasteiger partial charge in [0, 0.05) is 15.0 Å². The van der Waals surface area contributed by atoms with E-state index in [-0.39, 0.29) is 24.6 Å². The van der Waals surface area contributed by atoms with E-state index in [4.69, 9.17) is 0 Å². The second-order valence-corrected chi connectivity index (χ2v) is 9.35. The van der Waals surface area contributed by atoms with Crippen molar-refractivity contribution in [3.05, 3.63) is 55.4 Å². The number of halogens is 1. The molecule has 4 rings (SSSR count). The number of fused-ring (bicyclic) bond motifs is 3. The predicted octanol–water partition coefficient (Wildman–Crippen LogP) is 3.16. The molecule has 2 aromatic heterocycles. The van der Waals surface area contributed by atoms with E-state index in [0.717, 1.165) is 46.1 Å². The summed E-state index contributed by atoms with van der Waals surface area (Å²) in [6.45, 7) is 1.54. The molecule has 0 atom stereocenters. The van der Waals surface area contributed by atoms with E-state index in [9.17, 15) is 14.4 Å². The molecule has 2 amide bonds. The lowest BCUT2D eigenvalue weighted by Crippen LogP contribution is -2.37. The molecule has 1 aliphatic rings. The quantitative estimate of drug-likeness (QED) is 0.576. The smallest absolute Gasteiger partial charge is 0.262 e. The Bertz CT molecular complexity index is 1200. The van der Waals surface area contributed by atoms with Crippen LogP contribution in [0.5, 0.6) is 0 Å². The molecule has 1 aromatic carbocycles. The zero-order valence-corrected chi connectivity index (χ0v) is 18.9. The fourth-order valence-electron chi connectivity index (χ4n) is 3.64. The highest BCUT2D eigenvalue weighted by atomic mass is 79.9. The number of aryl methyl sites for hydroxylation is 3. The van der Waals surface area contributed by atoms with Crippen LogP contribution in [0.15, 0.2) is 33.8 Å². The third-order valence-electron chi connectivity index (χ3n) is 5.16. The Balaban J connectivity index is 1.40. The lowest BCUT2D eigenvalue weighted by molar-refractivity contribution is -0.124. The lowest BCUT2D eigenvalue weighted by atomic mass is 9.97. The molecule has 0 aliphatic heterocycles. The molecule has 7 nitrogen and oxygen atoms in total. The average molecular weight is 489 g/mol. The highest BCUT2D eigenvalue weighted by molar-refractivity contribution is 9.10. The summed E-state index contributed by atoms with van der Waals surface area (Å²) in [6.07, 6.45) is 5.50. The van der Waals surface area contributed by atoms with Gasteiger partial charge in [-0.1, -0.05) is 15.9 Å². The number of carbonyl (C=O) groups excluding carboxylic acids is 2. The maximum atomic E-state index is 12.9. The molecular formula is C21H21BrN4O3S. The van der Waals surface area contributed by atoms with Gasteiger partial charge in [0.05, 0.1) is 18.3 Å². The van der Waals surface area contributed by atoms with Gasteiger partial charge in [0.15, 0.2) is 0 Å². The van der Waals surface area contributed by atoms with E-state index in [1.807, 2.05) is 19.1 Å². The molecule has 0 fully saturated rings. The van der Waals surface area contributed by atoms with Gasteiger partial charge in [0.1, 0.15) is 11.4 Å². The van der Waals surface area contributed by atoms with Crippen molar-refractivity contribution in [1.82, 2.24) is 14.9 Å². The van der Waals surface area contributed by atoms with Crippen LogP contribution in [0.2, 0.25) is 0 Å². The number of carbonyl (C=O) groups is 2. The number of hydrogen-bond donors (Lipinski definition) is 2. The van der Waals surface area contributed by atoms with Crippen molar-refractivity contribution in [2.45, 2.75) is 39.2 Å². The standard InChI is InChI=1S/C21H21BrN4O3S/c1-12-8-13(22)6-7-15(12)25-17(27)9-23-18(28)10-26-11-24-20-19(21(26)29)14-4-2-3-5-16(14)30-20/h6-8,11H,2-5,9-10H2,1H3,(H,23,28)(H,25,27). The minimum Gasteiger partial charge on any atom is -0.345 e. The van der Waals surface area contributed by atoms with Crippen molar-refractivity contribution in [2.24, 2.45) is 0 Å². The Morgan fingerprint density at radius 3 is 2.83 bits per heavy atom. The number of anilines is 1. The monoisotopic (exact) mass is 488 g/mol. The van der Waals surface area contributed by atoms with Gasteiger partial charge < -0.3 is 10.6 Å². The lowest BCUT2D eigenvalue weighted by Gasteiger charge is -2.11. The summed E-state index contributed by atoms with van der Waals surface area (Å²) in [7, 11) is 0. The number of hydrogen-bond acceptors (Lipinski definition) is 5. The first kappa shape index (κ1) is 20.7. The van der Waals surface area contributed by atoms with Crippen molar-refractivity contribution in [1.29, 1.82) is 0 Å². The fraction of sp³-hybridized carbons (Fsp3) is 0.333. The maximum Gasteiger partial charge on any atom is 0.262 e. The predicted molar refractivity (Wildman–Crippen MR) is 121 cm³/mol. The normalized spacial score (nSPS) is 13.1. The summed E-state index contributed by atoms with van der Waals surface area (Å²) in [6, 6.07) is 5.52. The van der Waals surface area contributed by atoms with Gasteiger partial charge in [-0.25, -0.2) is 4.98 Å². The van der Waals surface area contributed by atoms with Crippen LogP contribution in [0.3, 0.4) is 0 Å². The van der Waals surface area contributed by atoms with Gasteiger partial charge in [-0.15, -0.1) is 11.3 Å². The molecule has 3 aromatic rings. The van der Waals surface area contributed by atoms with Crippen LogP contribution >= 0.6 is 27.3 Å². The first-order valence-electron chi connectivity index (χ1n) is 9.75. The van der Waals surface area contributed by atoms with Crippen molar-refractivity contribution >= 4 is 55.0 Å². The van der Waals surface area contributed by atoms with Crippen molar-refractivity contribution in [3.8, 4) is 0 Å². The second kappa shape index (κ2) is 8.69. The number of benzene rings is 1. The number of rotatable bonds is 5. The van der Waals surface area contributed by atoms with Crippen LogP contribution in [0.25, 0.3) is 10.2 Å². The Hall–Kier alpha value is -2.52. The molecule has 1 aliphatic carbocycles. The third kappa shape index (κ3) is 4.32. The molecule has 9 heteroatoms. The molecule has 0 saturated carbocycles. The SMILES string of the molecule is Cc1cc(Br)ccc1NC(=O)CNC(=O)Cn1cnc2sc3c(c2c1=O)CCCC3. The Morgan fingerprint density at radius 1 is 1.23 bits per heavy atom. The minimum atomic E-state index is -0.412. The fourth-order valence-corrected chi connectivity index (χ4v) is 5.34. The molecule has 0 radical (unpaired) electrons. The van der Waals surface area contributed by atoms with Gasteiger partial charge in [-0.3, -0.25) is 19.0 Å². The summed E-state index contributed by atoms with van der Waals surface area (Å²) in [5, 5.41) is 5.98. The zero-order valence-electron chi connectivity index (χ0n) is 16.5. The number of nitrogens with one attached hydrogen (secondary N) is 2. The third-order valence-corrected chi connectivity index (χ3v) is 6.86. The van der Waals surface area contributed by atoms with Crippen LogP contribution < -0.4 is 16.2 Å². The summed E-state index contributed by atoms with van der Waals surface area (Å²) in [5.74, 6) is -0.744. The highest BCUT2D eigenvalue weighted by Crippen LogP contribution is 2.33. The topological polar surface area (TPSA) is 93.1 Å². The van der Waals surface area contributed by atoms with E-state index in [0.29, 0.717) is 11.1 Å². The Morgan fingerprint density at radius 2 is 2.03 bits per heavy atom. The molecule has 0 saturated heterocycles. The molecule has 2 heterocycles. The minimum absolute atomic E-state index is 0.170. The number of thiophene rings is 1. The number of amides is 2. The molecule has 2 N–H and O–H groups in total. The maximum absolute atomic E-state index is 12.9. The van der Waals surface area contributed by atoms with Crippen LogP contribution in [-0.2, 0) is 29.0 Å². The van der Waals surface area contributed by atoms with E-state index in [1.165, 1.54) is 15.8 Å². The van der Waals surface area contributed by atoms with Crippen molar-refractivity contribution < 1.29 is 9.59 Å². The summed E-state index contributed by atoms with van der Waals surface area (Å²) in [4.78, 5) is 43.7. The van der Waals surface area contributed by atoms with E-state index in [2.05, 4.69) is 31.5 Å². The van der Waals surface area contributed by atoms with Crippen molar-refractivity contribution in [3.63, 3.8) is 0 Å². The Kier molecular flexibility index (Phi) is 6.01. The molecule has 0 spiro atoms. The molecule has 30 heavy (non-hydrogen) atoms. The molecule has 156 valence electrons. The van der Waals surface area contributed by atoms with Gasteiger partial charge >= 0.3 is 0 Å². The number of nitrogens with zero attached hydrogens (tertiary/aromatic N) is 2. The van der Waals surface area contributed by atoms with E-state index < -0.39 is 5.91 Å². The second-order valence-electron chi connectivity index (χ2n) is 7.35. The zero-order chi connectivity index (χ0) is 21.3. The highest BCUT2D eigenvalue weighted by Gasteiger charge is 2.20. The van der Waals surface area contributed by atoms with Crippen LogP contribution in [0, 0.1) is 6.92 Å². The van der Waals surface area contributed by atoms with Crippen LogP contribution in [0.4, 0.5) is 5.69 Å². The number of aromatic nitrogens is 2. The molecular weight excluding hydrogens is 468 g/mol. The molecule has 0 unspecified atom stereocenters.